The van der Waals surface area contributed by atoms with E-state index in [1.807, 2.05) is 0 Å². The summed E-state index contributed by atoms with van der Waals surface area (Å²) >= 11 is 17.6. The van der Waals surface area contributed by atoms with Crippen molar-refractivity contribution in [2.45, 2.75) is 0 Å². The molecule has 1 aromatic carbocycles. The molecule has 0 aliphatic rings. The zero-order chi connectivity index (χ0) is 12.6. The number of carboxylic acid groups (broad SMARTS) is 1. The second-order valence-electron chi connectivity index (χ2n) is 3.05. The highest BCUT2D eigenvalue weighted by molar-refractivity contribution is 6.43. The SMILES string of the molecule is O=C(O)c1cnnn1-c1cc(Cl)c(Cl)cc1Cl. The molecule has 0 fully saturated rings. The molecule has 8 heteroatoms. The van der Waals surface area contributed by atoms with Crippen molar-refractivity contribution in [1.29, 1.82) is 0 Å². The molecule has 0 aliphatic carbocycles. The van der Waals surface area contributed by atoms with Gasteiger partial charge in [-0.3, -0.25) is 0 Å². The first kappa shape index (κ1) is 12.2. The van der Waals surface area contributed by atoms with Gasteiger partial charge in [-0.25, -0.2) is 9.48 Å². The molecule has 0 bridgehead atoms. The van der Waals surface area contributed by atoms with E-state index in [1.54, 1.807) is 0 Å². The standard InChI is InChI=1S/C9H4Cl3N3O2/c10-4-1-6(12)7(2-5(4)11)15-8(9(16)17)3-13-14-15/h1-3H,(H,16,17). The molecule has 2 rings (SSSR count). The summed E-state index contributed by atoms with van der Waals surface area (Å²) in [4.78, 5) is 10.9. The van der Waals surface area contributed by atoms with E-state index in [4.69, 9.17) is 39.9 Å². The molecule has 0 unspecified atom stereocenters. The Hall–Kier alpha value is -1.30. The van der Waals surface area contributed by atoms with Gasteiger partial charge in [-0.15, -0.1) is 5.10 Å². The third-order valence-corrected chi connectivity index (χ3v) is 3.01. The Labute approximate surface area is 111 Å². The summed E-state index contributed by atoms with van der Waals surface area (Å²) in [6, 6.07) is 2.83. The topological polar surface area (TPSA) is 68.0 Å². The fraction of sp³-hybridized carbons (Fsp3) is 0. The summed E-state index contributed by atoms with van der Waals surface area (Å²) in [5.41, 5.74) is 0.182. The molecule has 0 radical (unpaired) electrons. The number of benzene rings is 1. The minimum atomic E-state index is -1.17. The molecule has 5 nitrogen and oxygen atoms in total. The zero-order valence-electron chi connectivity index (χ0n) is 8.06. The molecule has 1 heterocycles. The maximum atomic E-state index is 10.9. The first-order valence-corrected chi connectivity index (χ1v) is 5.43. The van der Waals surface area contributed by atoms with Gasteiger partial charge in [-0.05, 0) is 12.1 Å². The third-order valence-electron chi connectivity index (χ3n) is 1.99. The first-order valence-electron chi connectivity index (χ1n) is 4.29. The van der Waals surface area contributed by atoms with Crippen molar-refractivity contribution in [3.63, 3.8) is 0 Å². The lowest BCUT2D eigenvalue weighted by atomic mass is 10.3. The largest absolute Gasteiger partial charge is 0.476 e. The van der Waals surface area contributed by atoms with Crippen LogP contribution in [0.4, 0.5) is 0 Å². The van der Waals surface area contributed by atoms with E-state index in [0.717, 1.165) is 10.9 Å². The molecule has 0 saturated carbocycles. The monoisotopic (exact) mass is 291 g/mol. The van der Waals surface area contributed by atoms with Crippen molar-refractivity contribution in [3.8, 4) is 5.69 Å². The second kappa shape index (κ2) is 4.52. The lowest BCUT2D eigenvalue weighted by molar-refractivity contribution is 0.0687. The highest BCUT2D eigenvalue weighted by Gasteiger charge is 2.16. The Morgan fingerprint density at radius 3 is 2.47 bits per heavy atom. The molecule has 0 atom stereocenters. The molecule has 0 spiro atoms. The highest BCUT2D eigenvalue weighted by atomic mass is 35.5. The maximum Gasteiger partial charge on any atom is 0.356 e. The van der Waals surface area contributed by atoms with Crippen molar-refractivity contribution >= 4 is 40.8 Å². The number of hydrogen-bond acceptors (Lipinski definition) is 3. The number of carbonyl (C=O) groups is 1. The molecule has 0 aliphatic heterocycles. The summed E-state index contributed by atoms with van der Waals surface area (Å²) in [5.74, 6) is -1.17. The minimum Gasteiger partial charge on any atom is -0.476 e. The molecule has 0 saturated heterocycles. The smallest absolute Gasteiger partial charge is 0.356 e. The van der Waals surface area contributed by atoms with Crippen molar-refractivity contribution in [2.24, 2.45) is 0 Å². The molecule has 1 N–H and O–H groups in total. The van der Waals surface area contributed by atoms with Crippen molar-refractivity contribution in [2.75, 3.05) is 0 Å². The van der Waals surface area contributed by atoms with Crippen LogP contribution in [0.1, 0.15) is 10.5 Å². The van der Waals surface area contributed by atoms with Gasteiger partial charge in [0.25, 0.3) is 0 Å². The summed E-state index contributed by atoms with van der Waals surface area (Å²) in [7, 11) is 0. The fourth-order valence-corrected chi connectivity index (χ4v) is 1.85. The predicted molar refractivity (Wildman–Crippen MR) is 63.3 cm³/mol. The van der Waals surface area contributed by atoms with Gasteiger partial charge in [0.1, 0.15) is 0 Å². The molecular formula is C9H4Cl3N3O2. The van der Waals surface area contributed by atoms with Crippen LogP contribution in [0.25, 0.3) is 5.69 Å². The van der Waals surface area contributed by atoms with Crippen LogP contribution in [0, 0.1) is 0 Å². The van der Waals surface area contributed by atoms with E-state index < -0.39 is 5.97 Å². The minimum absolute atomic E-state index is 0.120. The maximum absolute atomic E-state index is 10.9. The summed E-state index contributed by atoms with van der Waals surface area (Å²) in [5, 5.41) is 16.8. The van der Waals surface area contributed by atoms with Crippen molar-refractivity contribution in [1.82, 2.24) is 15.0 Å². The number of halogens is 3. The van der Waals surface area contributed by atoms with Crippen LogP contribution in [0.3, 0.4) is 0 Å². The van der Waals surface area contributed by atoms with Crippen molar-refractivity contribution in [3.05, 3.63) is 39.1 Å². The van der Waals surface area contributed by atoms with E-state index >= 15 is 0 Å². The highest BCUT2D eigenvalue weighted by Crippen LogP contribution is 2.31. The predicted octanol–water partition coefficient (Wildman–Crippen LogP) is 2.93. The Morgan fingerprint density at radius 1 is 1.18 bits per heavy atom. The molecule has 17 heavy (non-hydrogen) atoms. The summed E-state index contributed by atoms with van der Waals surface area (Å²) < 4.78 is 1.08. The average molecular weight is 293 g/mol. The summed E-state index contributed by atoms with van der Waals surface area (Å²) in [6.07, 6.45) is 1.11. The molecule has 1 aromatic heterocycles. The lowest BCUT2D eigenvalue weighted by Crippen LogP contribution is -2.08. The van der Waals surface area contributed by atoms with Gasteiger partial charge in [0, 0.05) is 0 Å². The van der Waals surface area contributed by atoms with Gasteiger partial charge >= 0.3 is 5.97 Å². The molecule has 88 valence electrons. The quantitative estimate of drug-likeness (QED) is 0.864. The molecular weight excluding hydrogens is 288 g/mol. The van der Waals surface area contributed by atoms with Gasteiger partial charge in [0.05, 0.1) is 27.0 Å². The number of hydrogen-bond donors (Lipinski definition) is 1. The Morgan fingerprint density at radius 2 is 1.82 bits per heavy atom. The number of aromatic carboxylic acids is 1. The van der Waals surface area contributed by atoms with Crippen LogP contribution >= 0.6 is 34.8 Å². The number of rotatable bonds is 2. The van der Waals surface area contributed by atoms with E-state index in [1.165, 1.54) is 12.1 Å². The number of aromatic nitrogens is 3. The van der Waals surface area contributed by atoms with Gasteiger partial charge in [0.15, 0.2) is 5.69 Å². The Kier molecular flexibility index (Phi) is 3.24. The lowest BCUT2D eigenvalue weighted by Gasteiger charge is -2.07. The second-order valence-corrected chi connectivity index (χ2v) is 4.28. The number of nitrogens with zero attached hydrogens (tertiary/aromatic N) is 3. The van der Waals surface area contributed by atoms with Crippen LogP contribution in [-0.2, 0) is 0 Å². The van der Waals surface area contributed by atoms with Gasteiger partial charge in [-0.1, -0.05) is 40.0 Å². The van der Waals surface area contributed by atoms with Gasteiger partial charge in [0.2, 0.25) is 0 Å². The van der Waals surface area contributed by atoms with E-state index in [2.05, 4.69) is 10.3 Å². The van der Waals surface area contributed by atoms with E-state index in [9.17, 15) is 4.79 Å². The molecule has 2 aromatic rings. The zero-order valence-corrected chi connectivity index (χ0v) is 10.3. The van der Waals surface area contributed by atoms with Crippen molar-refractivity contribution < 1.29 is 9.90 Å². The van der Waals surface area contributed by atoms with E-state index in [0.29, 0.717) is 5.69 Å². The first-order chi connectivity index (χ1) is 8.00. The van der Waals surface area contributed by atoms with E-state index in [-0.39, 0.29) is 20.8 Å². The van der Waals surface area contributed by atoms with Crippen LogP contribution in [0.5, 0.6) is 0 Å². The molecule has 0 amide bonds. The summed E-state index contributed by atoms with van der Waals surface area (Å²) in [6.45, 7) is 0. The van der Waals surface area contributed by atoms with Gasteiger partial charge < -0.3 is 5.11 Å². The fourth-order valence-electron chi connectivity index (χ4n) is 1.23. The Balaban J connectivity index is 2.64. The van der Waals surface area contributed by atoms with Crippen LogP contribution in [0.2, 0.25) is 15.1 Å². The normalized spacial score (nSPS) is 10.5. The average Bonchev–Trinajstić information content (AvgIpc) is 2.72. The van der Waals surface area contributed by atoms with Crippen LogP contribution in [-0.4, -0.2) is 26.1 Å². The Bertz CT molecular complexity index is 597. The third kappa shape index (κ3) is 2.22. The number of carboxylic acids is 1. The van der Waals surface area contributed by atoms with Gasteiger partial charge in [-0.2, -0.15) is 0 Å². The van der Waals surface area contributed by atoms with Crippen LogP contribution in [0.15, 0.2) is 18.3 Å². The van der Waals surface area contributed by atoms with Crippen LogP contribution < -0.4 is 0 Å².